The van der Waals surface area contributed by atoms with Crippen LogP contribution in [0.3, 0.4) is 0 Å². The SMILES string of the molecule is O=C1OC2(c3cc(Cl)c(O)cc3Oc3cc(O)c(Cl)cc32)c2ccccc21.[Na].[Na]. The Bertz CT molecular complexity index is 1110. The van der Waals surface area contributed by atoms with Crippen molar-refractivity contribution in [1.29, 1.82) is 0 Å². The van der Waals surface area contributed by atoms with Crippen molar-refractivity contribution in [2.75, 3.05) is 0 Å². The van der Waals surface area contributed by atoms with Crippen LogP contribution in [0, 0.1) is 0 Å². The number of hydrogen-bond donors (Lipinski definition) is 2. The third-order valence-electron chi connectivity index (χ3n) is 4.85. The van der Waals surface area contributed by atoms with E-state index in [0.29, 0.717) is 22.3 Å². The fraction of sp³-hybridized carbons (Fsp3) is 0.0500. The van der Waals surface area contributed by atoms with Gasteiger partial charge in [0.1, 0.15) is 23.0 Å². The molecule has 0 atom stereocenters. The molecule has 5 nitrogen and oxygen atoms in total. The van der Waals surface area contributed by atoms with Crippen molar-refractivity contribution in [2.45, 2.75) is 5.60 Å². The van der Waals surface area contributed by atoms with Crippen LogP contribution in [0.1, 0.15) is 27.0 Å². The second-order valence-corrected chi connectivity index (χ2v) is 7.13. The van der Waals surface area contributed by atoms with Gasteiger partial charge in [0, 0.05) is 87.9 Å². The molecule has 0 aromatic heterocycles. The maximum atomic E-state index is 12.6. The predicted octanol–water partition coefficient (Wildman–Crippen LogP) is 4.21. The van der Waals surface area contributed by atoms with Gasteiger partial charge in [-0.25, -0.2) is 4.79 Å². The third kappa shape index (κ3) is 3.20. The number of phenols is 2. The van der Waals surface area contributed by atoms with Gasteiger partial charge in [0.25, 0.3) is 0 Å². The smallest absolute Gasteiger partial charge is 0.340 e. The van der Waals surface area contributed by atoms with Crippen LogP contribution in [0.25, 0.3) is 0 Å². The summed E-state index contributed by atoms with van der Waals surface area (Å²) in [5.41, 5.74) is 0.565. The molecule has 29 heavy (non-hydrogen) atoms. The molecule has 3 aromatic carbocycles. The van der Waals surface area contributed by atoms with E-state index in [4.69, 9.17) is 32.7 Å². The largest absolute Gasteiger partial charge is 0.506 e. The number of phenolic OH excluding ortho intramolecular Hbond substituents is 2. The predicted molar refractivity (Wildman–Crippen MR) is 110 cm³/mol. The molecule has 136 valence electrons. The molecule has 2 aliphatic heterocycles. The zero-order chi connectivity index (χ0) is 18.9. The van der Waals surface area contributed by atoms with Crippen LogP contribution in [-0.2, 0) is 10.3 Å². The van der Waals surface area contributed by atoms with Gasteiger partial charge in [0.05, 0.1) is 15.6 Å². The quantitative estimate of drug-likeness (QED) is 0.399. The summed E-state index contributed by atoms with van der Waals surface area (Å²) in [7, 11) is 0. The van der Waals surface area contributed by atoms with Crippen molar-refractivity contribution < 1.29 is 24.5 Å². The fourth-order valence-corrected chi connectivity index (χ4v) is 4.01. The summed E-state index contributed by atoms with van der Waals surface area (Å²) >= 11 is 12.3. The fourth-order valence-electron chi connectivity index (χ4n) is 3.69. The Morgan fingerprint density at radius 2 is 1.31 bits per heavy atom. The monoisotopic (exact) mass is 446 g/mol. The molecule has 0 amide bonds. The van der Waals surface area contributed by atoms with Crippen molar-refractivity contribution in [1.82, 2.24) is 0 Å². The van der Waals surface area contributed by atoms with E-state index in [1.165, 1.54) is 24.3 Å². The first kappa shape index (κ1) is 22.8. The maximum absolute atomic E-state index is 12.6. The Kier molecular flexibility index (Phi) is 6.27. The van der Waals surface area contributed by atoms with Crippen molar-refractivity contribution in [3.63, 3.8) is 0 Å². The molecule has 2 N–H and O–H groups in total. The molecule has 2 heterocycles. The number of aromatic hydroxyl groups is 2. The Balaban J connectivity index is 0.00000120. The number of hydrogen-bond acceptors (Lipinski definition) is 5. The summed E-state index contributed by atoms with van der Waals surface area (Å²) in [6, 6.07) is 12.7. The molecule has 2 aliphatic rings. The number of ether oxygens (including phenoxy) is 2. The van der Waals surface area contributed by atoms with Gasteiger partial charge < -0.3 is 19.7 Å². The normalized spacial score (nSPS) is 14.5. The number of esters is 1. The van der Waals surface area contributed by atoms with Crippen molar-refractivity contribution in [3.8, 4) is 23.0 Å². The van der Waals surface area contributed by atoms with Crippen LogP contribution in [0.5, 0.6) is 23.0 Å². The Hall–Kier alpha value is -0.890. The van der Waals surface area contributed by atoms with Gasteiger partial charge in [-0.05, 0) is 18.2 Å². The first-order valence-electron chi connectivity index (χ1n) is 7.98. The second-order valence-electron chi connectivity index (χ2n) is 6.32. The van der Waals surface area contributed by atoms with Crippen LogP contribution in [0.15, 0.2) is 48.5 Å². The van der Waals surface area contributed by atoms with Gasteiger partial charge in [-0.15, -0.1) is 0 Å². The van der Waals surface area contributed by atoms with Crippen molar-refractivity contribution in [3.05, 3.63) is 80.8 Å². The third-order valence-corrected chi connectivity index (χ3v) is 5.45. The molecule has 0 unspecified atom stereocenters. The molecule has 0 aliphatic carbocycles. The van der Waals surface area contributed by atoms with E-state index >= 15 is 0 Å². The molecule has 0 saturated carbocycles. The molecular weight excluding hydrogens is 437 g/mol. The molecule has 5 rings (SSSR count). The standard InChI is InChI=1S/C20H10Cl2O5.2Na/c21-13-5-11-17(7-15(13)23)26-18-8-16(24)14(22)6-12(18)20(11)10-4-2-1-3-9(10)19(25)27-20;;/h1-8,23-24H;;. The van der Waals surface area contributed by atoms with E-state index in [9.17, 15) is 15.0 Å². The minimum Gasteiger partial charge on any atom is -0.506 e. The van der Waals surface area contributed by atoms with Gasteiger partial charge in [-0.2, -0.15) is 0 Å². The van der Waals surface area contributed by atoms with E-state index < -0.39 is 11.6 Å². The second kappa shape index (κ2) is 7.98. The zero-order valence-electron chi connectivity index (χ0n) is 15.5. The van der Waals surface area contributed by atoms with Gasteiger partial charge in [-0.1, -0.05) is 41.4 Å². The van der Waals surface area contributed by atoms with Crippen molar-refractivity contribution >= 4 is 88.3 Å². The minimum absolute atomic E-state index is 0. The summed E-state index contributed by atoms with van der Waals surface area (Å²) < 4.78 is 11.8. The van der Waals surface area contributed by atoms with Gasteiger partial charge >= 0.3 is 5.97 Å². The maximum Gasteiger partial charge on any atom is 0.340 e. The van der Waals surface area contributed by atoms with Crippen LogP contribution in [0.4, 0.5) is 0 Å². The molecule has 3 aromatic rings. The molecule has 9 heteroatoms. The van der Waals surface area contributed by atoms with E-state index in [0.717, 1.165) is 0 Å². The van der Waals surface area contributed by atoms with Crippen LogP contribution >= 0.6 is 23.2 Å². The summed E-state index contributed by atoms with van der Waals surface area (Å²) in [6.07, 6.45) is 0. The van der Waals surface area contributed by atoms with E-state index in [1.54, 1.807) is 24.3 Å². The number of fused-ring (bicyclic) bond motifs is 6. The molecule has 0 bridgehead atoms. The Morgan fingerprint density at radius 1 is 0.793 bits per heavy atom. The summed E-state index contributed by atoms with van der Waals surface area (Å²) in [5, 5.41) is 20.2. The molecular formula is C20H10Cl2Na2O5. The minimum atomic E-state index is -1.36. The van der Waals surface area contributed by atoms with E-state index in [1.807, 2.05) is 0 Å². The Labute approximate surface area is 220 Å². The topological polar surface area (TPSA) is 76.0 Å². The number of benzene rings is 3. The first-order chi connectivity index (χ1) is 12.9. The Morgan fingerprint density at radius 3 is 1.86 bits per heavy atom. The summed E-state index contributed by atoms with van der Waals surface area (Å²) in [5.74, 6) is -0.335. The number of halogens is 2. The van der Waals surface area contributed by atoms with Crippen LogP contribution < -0.4 is 4.74 Å². The van der Waals surface area contributed by atoms with Crippen molar-refractivity contribution in [2.24, 2.45) is 0 Å². The zero-order valence-corrected chi connectivity index (χ0v) is 21.0. The molecule has 2 radical (unpaired) electrons. The average Bonchev–Trinajstić information content (AvgIpc) is 2.93. The average molecular weight is 447 g/mol. The van der Waals surface area contributed by atoms with E-state index in [-0.39, 0.29) is 92.2 Å². The van der Waals surface area contributed by atoms with E-state index in [2.05, 4.69) is 0 Å². The number of carbonyl (C=O) groups is 1. The number of rotatable bonds is 0. The molecule has 1 spiro atoms. The molecule has 0 fully saturated rings. The number of carbonyl (C=O) groups excluding carboxylic acids is 1. The van der Waals surface area contributed by atoms with Gasteiger partial charge in [0.2, 0.25) is 0 Å². The van der Waals surface area contributed by atoms with Crippen LogP contribution in [-0.4, -0.2) is 75.3 Å². The summed E-state index contributed by atoms with van der Waals surface area (Å²) in [6.45, 7) is 0. The first-order valence-corrected chi connectivity index (χ1v) is 8.74. The van der Waals surface area contributed by atoms with Gasteiger partial charge in [-0.3, -0.25) is 0 Å². The van der Waals surface area contributed by atoms with Crippen LogP contribution in [0.2, 0.25) is 10.0 Å². The van der Waals surface area contributed by atoms with Gasteiger partial charge in [0.15, 0.2) is 5.60 Å². The molecule has 0 saturated heterocycles. The summed E-state index contributed by atoms with van der Waals surface area (Å²) in [4.78, 5) is 12.6.